The van der Waals surface area contributed by atoms with Gasteiger partial charge in [0.1, 0.15) is 0 Å². The summed E-state index contributed by atoms with van der Waals surface area (Å²) >= 11 is 0. The number of aliphatic carboxylic acids is 1. The third-order valence-electron chi connectivity index (χ3n) is 1.60. The van der Waals surface area contributed by atoms with Crippen LogP contribution in [-0.4, -0.2) is 33.3 Å². The first-order valence-electron chi connectivity index (χ1n) is 4.36. The lowest BCUT2D eigenvalue weighted by Gasteiger charge is -1.99. The minimum absolute atomic E-state index is 0.176. The molecule has 9 heteroatoms. The van der Waals surface area contributed by atoms with Crippen LogP contribution in [0.1, 0.15) is 15.9 Å². The molecule has 0 aromatic carbocycles. The highest BCUT2D eigenvalue weighted by Gasteiger charge is 2.38. The van der Waals surface area contributed by atoms with Crippen molar-refractivity contribution in [2.75, 3.05) is 0 Å². The largest absolute Gasteiger partial charge is 0.490 e. The molecular weight excluding hydrogens is 257 g/mol. The van der Waals surface area contributed by atoms with Gasteiger partial charge in [-0.1, -0.05) is 0 Å². The maximum Gasteiger partial charge on any atom is 0.490 e. The van der Waals surface area contributed by atoms with Crippen molar-refractivity contribution in [1.29, 1.82) is 0 Å². The van der Waals surface area contributed by atoms with Gasteiger partial charge in [0, 0.05) is 18.9 Å². The molecule has 0 saturated carbocycles. The SMILES string of the molecule is NCc1ccncc1C(=O)O.O=C(O)C(F)(F)F. The van der Waals surface area contributed by atoms with Crippen molar-refractivity contribution < 1.29 is 33.0 Å². The number of hydrogen-bond acceptors (Lipinski definition) is 4. The van der Waals surface area contributed by atoms with Crippen molar-refractivity contribution in [2.45, 2.75) is 12.7 Å². The van der Waals surface area contributed by atoms with Gasteiger partial charge in [-0.3, -0.25) is 4.98 Å². The molecule has 6 nitrogen and oxygen atoms in total. The summed E-state index contributed by atoms with van der Waals surface area (Å²) in [5, 5.41) is 15.7. The first kappa shape index (κ1) is 15.8. The zero-order chi connectivity index (χ0) is 14.3. The van der Waals surface area contributed by atoms with Gasteiger partial charge in [-0.15, -0.1) is 0 Å². The predicted molar refractivity (Wildman–Crippen MR) is 52.8 cm³/mol. The number of aromatic carboxylic acids is 1. The van der Waals surface area contributed by atoms with Crippen molar-refractivity contribution in [1.82, 2.24) is 4.98 Å². The molecule has 0 fully saturated rings. The average molecular weight is 266 g/mol. The molecule has 0 atom stereocenters. The number of carboxylic acids is 2. The van der Waals surface area contributed by atoms with Crippen LogP contribution in [0.5, 0.6) is 0 Å². The quantitative estimate of drug-likeness (QED) is 0.732. The second kappa shape index (κ2) is 6.55. The molecule has 0 aliphatic heterocycles. The molecular formula is C9H9F3N2O4. The third-order valence-corrected chi connectivity index (χ3v) is 1.60. The van der Waals surface area contributed by atoms with Gasteiger partial charge in [-0.2, -0.15) is 13.2 Å². The maximum absolute atomic E-state index is 10.6. The summed E-state index contributed by atoms with van der Waals surface area (Å²) in [6, 6.07) is 1.60. The number of aromatic nitrogens is 1. The van der Waals surface area contributed by atoms with Crippen molar-refractivity contribution >= 4 is 11.9 Å². The Labute approximate surface area is 98.9 Å². The summed E-state index contributed by atoms with van der Waals surface area (Å²) in [6.45, 7) is 0.226. The molecule has 1 aromatic rings. The first-order chi connectivity index (χ1) is 8.20. The van der Waals surface area contributed by atoms with E-state index in [9.17, 15) is 18.0 Å². The third kappa shape index (κ3) is 5.25. The van der Waals surface area contributed by atoms with Gasteiger partial charge in [-0.05, 0) is 11.6 Å². The first-order valence-corrected chi connectivity index (χ1v) is 4.36. The lowest BCUT2D eigenvalue weighted by molar-refractivity contribution is -0.192. The van der Waals surface area contributed by atoms with Gasteiger partial charge in [0.15, 0.2) is 0 Å². The van der Waals surface area contributed by atoms with E-state index in [1.807, 2.05) is 0 Å². The van der Waals surface area contributed by atoms with E-state index in [0.717, 1.165) is 0 Å². The molecule has 0 spiro atoms. The Kier molecular flexibility index (Phi) is 5.76. The Hall–Kier alpha value is -2.16. The molecule has 0 bridgehead atoms. The molecule has 0 aliphatic carbocycles. The van der Waals surface area contributed by atoms with Gasteiger partial charge in [-0.25, -0.2) is 9.59 Å². The molecule has 0 unspecified atom stereocenters. The van der Waals surface area contributed by atoms with E-state index in [1.54, 1.807) is 6.07 Å². The van der Waals surface area contributed by atoms with E-state index in [2.05, 4.69) is 4.98 Å². The highest BCUT2D eigenvalue weighted by Crippen LogP contribution is 2.13. The molecule has 100 valence electrons. The van der Waals surface area contributed by atoms with E-state index < -0.39 is 18.1 Å². The fraction of sp³-hybridized carbons (Fsp3) is 0.222. The number of carbonyl (C=O) groups is 2. The Balaban J connectivity index is 0.000000360. The number of alkyl halides is 3. The van der Waals surface area contributed by atoms with Gasteiger partial charge in [0.25, 0.3) is 0 Å². The predicted octanol–water partition coefficient (Wildman–Crippen LogP) is 0.872. The normalized spacial score (nSPS) is 10.2. The lowest BCUT2D eigenvalue weighted by atomic mass is 10.1. The molecule has 0 saturated heterocycles. The molecule has 1 aromatic heterocycles. The monoisotopic (exact) mass is 266 g/mol. The highest BCUT2D eigenvalue weighted by molar-refractivity contribution is 5.88. The molecule has 4 N–H and O–H groups in total. The molecule has 0 amide bonds. The summed E-state index contributed by atoms with van der Waals surface area (Å²) < 4.78 is 31.7. The lowest BCUT2D eigenvalue weighted by Crippen LogP contribution is -2.21. The Morgan fingerprint density at radius 3 is 2.11 bits per heavy atom. The highest BCUT2D eigenvalue weighted by atomic mass is 19.4. The number of halogens is 3. The summed E-state index contributed by atoms with van der Waals surface area (Å²) in [4.78, 5) is 23.1. The van der Waals surface area contributed by atoms with Gasteiger partial charge in [0.05, 0.1) is 5.56 Å². The van der Waals surface area contributed by atoms with Crippen LogP contribution in [-0.2, 0) is 11.3 Å². The topological polar surface area (TPSA) is 114 Å². The minimum atomic E-state index is -5.08. The smallest absolute Gasteiger partial charge is 0.478 e. The van der Waals surface area contributed by atoms with Crippen LogP contribution in [0.25, 0.3) is 0 Å². The average Bonchev–Trinajstić information content (AvgIpc) is 2.28. The summed E-state index contributed by atoms with van der Waals surface area (Å²) in [7, 11) is 0. The van der Waals surface area contributed by atoms with E-state index in [-0.39, 0.29) is 12.1 Å². The number of nitrogens with zero attached hydrogens (tertiary/aromatic N) is 1. The van der Waals surface area contributed by atoms with Crippen molar-refractivity contribution in [3.8, 4) is 0 Å². The van der Waals surface area contributed by atoms with Crippen molar-refractivity contribution in [2.24, 2.45) is 5.73 Å². The molecule has 1 heterocycles. The van der Waals surface area contributed by atoms with Crippen LogP contribution in [0.3, 0.4) is 0 Å². The van der Waals surface area contributed by atoms with Gasteiger partial charge < -0.3 is 15.9 Å². The van der Waals surface area contributed by atoms with Crippen LogP contribution in [0.15, 0.2) is 18.5 Å². The number of pyridine rings is 1. The van der Waals surface area contributed by atoms with Crippen LogP contribution in [0.2, 0.25) is 0 Å². The van der Waals surface area contributed by atoms with Crippen molar-refractivity contribution in [3.05, 3.63) is 29.6 Å². The van der Waals surface area contributed by atoms with Crippen LogP contribution in [0, 0.1) is 0 Å². The van der Waals surface area contributed by atoms with E-state index in [4.69, 9.17) is 20.7 Å². The Morgan fingerprint density at radius 1 is 1.33 bits per heavy atom. The fourth-order valence-corrected chi connectivity index (χ4v) is 0.794. The Morgan fingerprint density at radius 2 is 1.83 bits per heavy atom. The van der Waals surface area contributed by atoms with Crippen LogP contribution < -0.4 is 5.73 Å². The van der Waals surface area contributed by atoms with Crippen LogP contribution in [0.4, 0.5) is 13.2 Å². The second-order valence-corrected chi connectivity index (χ2v) is 2.85. The van der Waals surface area contributed by atoms with Gasteiger partial charge in [0.2, 0.25) is 0 Å². The zero-order valence-corrected chi connectivity index (χ0v) is 8.81. The second-order valence-electron chi connectivity index (χ2n) is 2.85. The minimum Gasteiger partial charge on any atom is -0.478 e. The number of nitrogens with two attached hydrogens (primary N) is 1. The molecule has 0 radical (unpaired) electrons. The van der Waals surface area contributed by atoms with E-state index >= 15 is 0 Å². The number of carboxylic acid groups (broad SMARTS) is 2. The number of rotatable bonds is 2. The van der Waals surface area contributed by atoms with Gasteiger partial charge >= 0.3 is 18.1 Å². The maximum atomic E-state index is 10.6. The molecule has 1 rings (SSSR count). The van der Waals surface area contributed by atoms with E-state index in [1.165, 1.54) is 12.4 Å². The van der Waals surface area contributed by atoms with Crippen molar-refractivity contribution in [3.63, 3.8) is 0 Å². The van der Waals surface area contributed by atoms with E-state index in [0.29, 0.717) is 5.56 Å². The Bertz CT molecular complexity index is 434. The fourth-order valence-electron chi connectivity index (χ4n) is 0.794. The summed E-state index contributed by atoms with van der Waals surface area (Å²) in [5.74, 6) is -3.74. The molecule has 0 aliphatic rings. The van der Waals surface area contributed by atoms with Crippen LogP contribution >= 0.6 is 0 Å². The summed E-state index contributed by atoms with van der Waals surface area (Å²) in [6.07, 6.45) is -2.26. The summed E-state index contributed by atoms with van der Waals surface area (Å²) in [5.41, 5.74) is 6.08. The standard InChI is InChI=1S/C7H8N2O2.C2HF3O2/c8-3-5-1-2-9-4-6(5)7(10)11;3-2(4,5)1(6)7/h1-2,4H,3,8H2,(H,10,11);(H,6,7). The number of hydrogen-bond donors (Lipinski definition) is 3. The zero-order valence-electron chi connectivity index (χ0n) is 8.81. The molecule has 18 heavy (non-hydrogen) atoms.